The average molecular weight is 762 g/mol. The van der Waals surface area contributed by atoms with Crippen molar-refractivity contribution >= 4 is 48.2 Å². The molecule has 1 aromatic heterocycles. The molecule has 1 aliphatic rings. The smallest absolute Gasteiger partial charge is 0.179 e. The molecule has 0 amide bonds. The number of ether oxygens (including phenoxy) is 3. The quantitative estimate of drug-likeness (QED) is 0.113. The molecule has 0 bridgehead atoms. The molecule has 12 heteroatoms. The Morgan fingerprint density at radius 3 is 2.58 bits per heavy atom. The van der Waals surface area contributed by atoms with E-state index in [4.69, 9.17) is 14.2 Å². The lowest BCUT2D eigenvalue weighted by atomic mass is 9.85. The first kappa shape index (κ1) is 35.3. The van der Waals surface area contributed by atoms with Crippen molar-refractivity contribution in [1.82, 2.24) is 14.9 Å². The molecule has 1 aliphatic heterocycles. The zero-order valence-electron chi connectivity index (χ0n) is 27.8. The second-order valence-corrected chi connectivity index (χ2v) is 15.2. The van der Waals surface area contributed by atoms with Crippen molar-refractivity contribution in [3.63, 3.8) is 0 Å². The summed E-state index contributed by atoms with van der Waals surface area (Å²) in [6.07, 6.45) is 7.35. The number of hydrogen-bond donors (Lipinski definition) is 1. The summed E-state index contributed by atoms with van der Waals surface area (Å²) in [6, 6.07) is 24.4. The Bertz CT molecular complexity index is 2090. The number of nitrogens with zero attached hydrogens (tertiary/aromatic N) is 3. The van der Waals surface area contributed by atoms with Crippen molar-refractivity contribution in [3.05, 3.63) is 125 Å². The minimum atomic E-state index is -3.36. The van der Waals surface area contributed by atoms with Crippen molar-refractivity contribution in [2.24, 2.45) is 0 Å². The predicted octanol–water partition coefficient (Wildman–Crippen LogP) is 8.18. The molecule has 9 nitrogen and oxygen atoms in total. The van der Waals surface area contributed by atoms with Gasteiger partial charge in [0.25, 0.3) is 0 Å². The van der Waals surface area contributed by atoms with Crippen LogP contribution in [0.3, 0.4) is 0 Å². The van der Waals surface area contributed by atoms with Gasteiger partial charge in [0.2, 0.25) is 0 Å². The summed E-state index contributed by atoms with van der Waals surface area (Å²) in [4.78, 5) is 11.5. The first-order valence-corrected chi connectivity index (χ1v) is 18.7. The Morgan fingerprint density at radius 2 is 1.84 bits per heavy atom. The van der Waals surface area contributed by atoms with E-state index in [1.165, 1.54) is 18.5 Å². The molecule has 1 atom stereocenters. The van der Waals surface area contributed by atoms with E-state index in [0.717, 1.165) is 33.1 Å². The number of anilines is 2. The normalized spacial score (nSPS) is 15.7. The van der Waals surface area contributed by atoms with Gasteiger partial charge in [0.05, 0.1) is 34.0 Å². The van der Waals surface area contributed by atoms with Crippen LogP contribution < -0.4 is 14.8 Å². The monoisotopic (exact) mass is 760 g/mol. The van der Waals surface area contributed by atoms with Crippen LogP contribution in [-0.4, -0.2) is 56.3 Å². The zero-order chi connectivity index (χ0) is 35.1. The Hall–Kier alpha value is -4.52. The molecule has 6 rings (SSSR count). The lowest BCUT2D eigenvalue weighted by Crippen LogP contribution is -2.30. The van der Waals surface area contributed by atoms with Crippen LogP contribution in [0.2, 0.25) is 0 Å². The third-order valence-corrected chi connectivity index (χ3v) is 11.1. The molecule has 0 saturated carbocycles. The van der Waals surface area contributed by atoms with Crippen LogP contribution in [0.4, 0.5) is 15.9 Å². The van der Waals surface area contributed by atoms with Crippen LogP contribution in [0.25, 0.3) is 10.9 Å². The van der Waals surface area contributed by atoms with Gasteiger partial charge in [-0.2, -0.15) is 0 Å². The Balaban J connectivity index is 1.17. The van der Waals surface area contributed by atoms with Gasteiger partial charge in [0.15, 0.2) is 9.84 Å². The standard InChI is InChI=1S/C38H38BrFN4O5S/c1-44(18-20-50(45,46)30-11-4-3-5-12-30)17-7-15-38(16-8-19-49-38)32-23-31-34(24-36(32)47-2)41-26-42-37(31)43-29-13-14-35(33(39)22-29)48-25-27-9-6-10-28(40)21-27/h3-6,8-14,19,21-24,26H,7,15-18,20,25H2,1-2H3,(H,41,42,43). The SMILES string of the molecule is COc1cc2ncnc(Nc3ccc(OCc4cccc(F)c4)c(Br)c3)c2cc1C1(CCCN(C)CCS(=O)(=O)c2ccccc2)CC=CO1. The number of hydrogen-bond acceptors (Lipinski definition) is 9. The highest BCUT2D eigenvalue weighted by Gasteiger charge is 2.38. The minimum absolute atomic E-state index is 0.0478. The number of methoxy groups -OCH3 is 1. The molecule has 0 fully saturated rings. The number of sulfone groups is 1. The highest BCUT2D eigenvalue weighted by atomic mass is 79.9. The third-order valence-electron chi connectivity index (χ3n) is 8.73. The van der Waals surface area contributed by atoms with Gasteiger partial charge >= 0.3 is 0 Å². The molecule has 0 radical (unpaired) electrons. The topological polar surface area (TPSA) is 103 Å². The molecule has 0 aliphatic carbocycles. The number of nitrogens with one attached hydrogen (secondary N) is 1. The van der Waals surface area contributed by atoms with E-state index in [9.17, 15) is 12.8 Å². The van der Waals surface area contributed by atoms with E-state index in [2.05, 4.69) is 31.2 Å². The second kappa shape index (κ2) is 15.6. The molecule has 260 valence electrons. The van der Waals surface area contributed by atoms with Gasteiger partial charge in [-0.3, -0.25) is 0 Å². The summed E-state index contributed by atoms with van der Waals surface area (Å²) in [6.45, 7) is 1.35. The molecule has 2 heterocycles. The van der Waals surface area contributed by atoms with Gasteiger partial charge in [0.1, 0.15) is 41.7 Å². The van der Waals surface area contributed by atoms with Crippen LogP contribution in [0, 0.1) is 5.82 Å². The summed E-state index contributed by atoms with van der Waals surface area (Å²) >= 11 is 3.60. The maximum atomic E-state index is 13.6. The summed E-state index contributed by atoms with van der Waals surface area (Å²) in [5.74, 6) is 1.64. The van der Waals surface area contributed by atoms with E-state index < -0.39 is 15.4 Å². The van der Waals surface area contributed by atoms with Crippen molar-refractivity contribution in [2.75, 3.05) is 38.3 Å². The fraction of sp³-hybridized carbons (Fsp3) is 0.263. The lowest BCUT2D eigenvalue weighted by Gasteiger charge is -2.32. The minimum Gasteiger partial charge on any atom is -0.496 e. The number of fused-ring (bicyclic) bond motifs is 1. The predicted molar refractivity (Wildman–Crippen MR) is 196 cm³/mol. The van der Waals surface area contributed by atoms with Crippen LogP contribution in [0.1, 0.15) is 30.4 Å². The van der Waals surface area contributed by atoms with Crippen molar-refractivity contribution < 1.29 is 27.0 Å². The van der Waals surface area contributed by atoms with Gasteiger partial charge in [-0.15, -0.1) is 0 Å². The number of aromatic nitrogens is 2. The number of rotatable bonds is 15. The Kier molecular flexibility index (Phi) is 11.0. The van der Waals surface area contributed by atoms with Crippen molar-refractivity contribution in [1.29, 1.82) is 0 Å². The Morgan fingerprint density at radius 1 is 1.00 bits per heavy atom. The number of halogens is 2. The highest BCUT2D eigenvalue weighted by molar-refractivity contribution is 9.10. The first-order valence-electron chi connectivity index (χ1n) is 16.2. The molecule has 0 saturated heterocycles. The lowest BCUT2D eigenvalue weighted by molar-refractivity contribution is 0.0263. The van der Waals surface area contributed by atoms with E-state index in [1.54, 1.807) is 43.7 Å². The summed E-state index contributed by atoms with van der Waals surface area (Å²) in [5, 5.41) is 4.22. The summed E-state index contributed by atoms with van der Waals surface area (Å²) in [5.41, 5.74) is 2.42. The highest BCUT2D eigenvalue weighted by Crippen LogP contribution is 2.45. The largest absolute Gasteiger partial charge is 0.496 e. The molecular formula is C38H38BrFN4O5S. The molecule has 5 aromatic rings. The molecule has 1 unspecified atom stereocenters. The van der Waals surface area contributed by atoms with Gasteiger partial charge in [-0.1, -0.05) is 30.3 Å². The van der Waals surface area contributed by atoms with Crippen molar-refractivity contribution in [3.8, 4) is 11.5 Å². The number of benzene rings is 4. The van der Waals surface area contributed by atoms with Crippen LogP contribution in [0.15, 0.2) is 113 Å². The van der Waals surface area contributed by atoms with E-state index in [-0.39, 0.29) is 18.2 Å². The summed E-state index contributed by atoms with van der Waals surface area (Å²) < 4.78 is 58.0. The average Bonchev–Trinajstić information content (AvgIpc) is 3.60. The third kappa shape index (κ3) is 8.26. The molecule has 0 spiro atoms. The molecule has 50 heavy (non-hydrogen) atoms. The first-order chi connectivity index (χ1) is 24.2. The van der Waals surface area contributed by atoms with Crippen LogP contribution in [0.5, 0.6) is 11.5 Å². The van der Waals surface area contributed by atoms with E-state index in [1.807, 2.05) is 60.5 Å². The fourth-order valence-corrected chi connectivity index (χ4v) is 7.88. The van der Waals surface area contributed by atoms with Gasteiger partial charge in [-0.25, -0.2) is 22.8 Å². The zero-order valence-corrected chi connectivity index (χ0v) is 30.2. The van der Waals surface area contributed by atoms with Gasteiger partial charge in [0, 0.05) is 35.7 Å². The van der Waals surface area contributed by atoms with E-state index >= 15 is 0 Å². The maximum absolute atomic E-state index is 13.6. The van der Waals surface area contributed by atoms with E-state index in [0.29, 0.717) is 53.7 Å². The summed E-state index contributed by atoms with van der Waals surface area (Å²) in [7, 11) is 0.217. The maximum Gasteiger partial charge on any atom is 0.179 e. The van der Waals surface area contributed by atoms with Crippen molar-refractivity contribution in [2.45, 2.75) is 36.4 Å². The second-order valence-electron chi connectivity index (χ2n) is 12.2. The molecular weight excluding hydrogens is 723 g/mol. The van der Waals surface area contributed by atoms with Gasteiger partial charge in [-0.05, 0) is 103 Å². The van der Waals surface area contributed by atoms with Crippen LogP contribution in [-0.2, 0) is 26.8 Å². The molecule has 1 N–H and O–H groups in total. The molecule has 4 aromatic carbocycles. The van der Waals surface area contributed by atoms with Gasteiger partial charge < -0.3 is 24.4 Å². The Labute approximate surface area is 300 Å². The van der Waals surface area contributed by atoms with Crippen LogP contribution >= 0.6 is 15.9 Å². The fourth-order valence-electron chi connectivity index (χ4n) is 6.03.